The largest absolute Gasteiger partial charge is 0.458 e. The topological polar surface area (TPSA) is 90.1 Å². The molecule has 0 amide bonds. The van der Waals surface area contributed by atoms with Crippen LogP contribution in [-0.2, 0) is 9.53 Å². The first-order valence-corrected chi connectivity index (χ1v) is 7.07. The second kappa shape index (κ2) is 6.18. The van der Waals surface area contributed by atoms with Gasteiger partial charge in [0.05, 0.1) is 0 Å². The van der Waals surface area contributed by atoms with Crippen molar-refractivity contribution in [2.75, 3.05) is 11.1 Å². The second-order valence-electron chi connectivity index (χ2n) is 5.81. The predicted octanol–water partition coefficient (Wildman–Crippen LogP) is 2.29. The van der Waals surface area contributed by atoms with Crippen LogP contribution >= 0.6 is 11.3 Å². The molecular weight excluding hydrogens is 264 g/mol. The van der Waals surface area contributed by atoms with Gasteiger partial charge in [-0.1, -0.05) is 25.2 Å². The number of hydrogen-bond acceptors (Lipinski definition) is 7. The first-order chi connectivity index (χ1) is 8.67. The van der Waals surface area contributed by atoms with Gasteiger partial charge in [-0.05, 0) is 33.1 Å². The maximum atomic E-state index is 12.1. The molecule has 1 aromatic heterocycles. The lowest BCUT2D eigenvalue weighted by Gasteiger charge is -2.25. The van der Waals surface area contributed by atoms with E-state index in [2.05, 4.69) is 15.5 Å². The van der Waals surface area contributed by atoms with Crippen molar-refractivity contribution in [2.24, 2.45) is 5.92 Å². The van der Waals surface area contributed by atoms with Crippen molar-refractivity contribution in [1.29, 1.82) is 0 Å². The Hall–Kier alpha value is -1.37. The van der Waals surface area contributed by atoms with Gasteiger partial charge in [0.1, 0.15) is 11.6 Å². The molecule has 0 spiro atoms. The third-order valence-electron chi connectivity index (χ3n) is 2.14. The zero-order valence-electron chi connectivity index (χ0n) is 12.1. The Labute approximate surface area is 117 Å². The summed E-state index contributed by atoms with van der Waals surface area (Å²) in [7, 11) is 0. The molecule has 0 aliphatic carbocycles. The van der Waals surface area contributed by atoms with Crippen molar-refractivity contribution >= 4 is 27.6 Å². The van der Waals surface area contributed by atoms with Crippen LogP contribution in [0.15, 0.2) is 0 Å². The van der Waals surface area contributed by atoms with E-state index in [1.807, 2.05) is 34.6 Å². The summed E-state index contributed by atoms with van der Waals surface area (Å²) in [6.07, 6.45) is 0.661. The molecule has 6 nitrogen and oxygen atoms in total. The molecule has 1 aromatic rings. The molecule has 0 fully saturated rings. The molecule has 0 radical (unpaired) electrons. The standard InChI is InChI=1S/C12H22N4O2S/c1-7(2)6-8(9(17)18-12(3,4)5)14-11-16-15-10(13)19-11/h7-8H,6H2,1-5H3,(H2,13,15)(H,14,16). The maximum absolute atomic E-state index is 12.1. The minimum absolute atomic E-state index is 0.282. The van der Waals surface area contributed by atoms with Crippen LogP contribution < -0.4 is 11.1 Å². The van der Waals surface area contributed by atoms with Gasteiger partial charge in [0.25, 0.3) is 0 Å². The Balaban J connectivity index is 2.74. The highest BCUT2D eigenvalue weighted by atomic mass is 32.1. The Bertz CT molecular complexity index is 426. The molecule has 3 N–H and O–H groups in total. The summed E-state index contributed by atoms with van der Waals surface area (Å²) in [6, 6.07) is -0.438. The van der Waals surface area contributed by atoms with Crippen LogP contribution in [0.4, 0.5) is 10.3 Å². The quantitative estimate of drug-likeness (QED) is 0.807. The highest BCUT2D eigenvalue weighted by Crippen LogP contribution is 2.21. The van der Waals surface area contributed by atoms with Gasteiger partial charge >= 0.3 is 5.97 Å². The monoisotopic (exact) mass is 286 g/mol. The summed E-state index contributed by atoms with van der Waals surface area (Å²) >= 11 is 1.22. The van der Waals surface area contributed by atoms with E-state index in [9.17, 15) is 4.79 Å². The van der Waals surface area contributed by atoms with Crippen LogP contribution in [-0.4, -0.2) is 27.8 Å². The van der Waals surface area contributed by atoms with Gasteiger partial charge in [0.15, 0.2) is 0 Å². The van der Waals surface area contributed by atoms with Crippen molar-refractivity contribution in [1.82, 2.24) is 10.2 Å². The molecule has 0 aliphatic rings. The SMILES string of the molecule is CC(C)CC(Nc1nnc(N)s1)C(=O)OC(C)(C)C. The van der Waals surface area contributed by atoms with Crippen molar-refractivity contribution in [3.63, 3.8) is 0 Å². The molecule has 1 rings (SSSR count). The molecule has 19 heavy (non-hydrogen) atoms. The fourth-order valence-corrected chi connectivity index (χ4v) is 2.06. The molecule has 1 atom stereocenters. The van der Waals surface area contributed by atoms with E-state index in [4.69, 9.17) is 10.5 Å². The van der Waals surface area contributed by atoms with E-state index < -0.39 is 11.6 Å². The summed E-state index contributed by atoms with van der Waals surface area (Å²) in [5, 5.41) is 11.5. The first kappa shape index (κ1) is 15.7. The number of nitrogens with one attached hydrogen (secondary N) is 1. The number of hydrogen-bond donors (Lipinski definition) is 2. The highest BCUT2D eigenvalue weighted by molar-refractivity contribution is 7.18. The summed E-state index contributed by atoms with van der Waals surface area (Å²) < 4.78 is 5.40. The van der Waals surface area contributed by atoms with Crippen molar-refractivity contribution in [3.8, 4) is 0 Å². The molecule has 1 heterocycles. The summed E-state index contributed by atoms with van der Waals surface area (Å²) in [6.45, 7) is 9.64. The molecule has 0 aliphatic heterocycles. The third-order valence-corrected chi connectivity index (χ3v) is 2.82. The number of ether oxygens (including phenoxy) is 1. The summed E-state index contributed by atoms with van der Waals surface area (Å²) in [4.78, 5) is 12.1. The Morgan fingerprint density at radius 1 is 1.42 bits per heavy atom. The fourth-order valence-electron chi connectivity index (χ4n) is 1.50. The highest BCUT2D eigenvalue weighted by Gasteiger charge is 2.26. The Morgan fingerprint density at radius 2 is 2.05 bits per heavy atom. The zero-order chi connectivity index (χ0) is 14.6. The van der Waals surface area contributed by atoms with Gasteiger partial charge in [-0.15, -0.1) is 10.2 Å². The smallest absolute Gasteiger partial charge is 0.329 e. The number of nitrogen functional groups attached to an aromatic ring is 1. The third kappa shape index (κ3) is 5.87. The molecule has 0 saturated carbocycles. The minimum Gasteiger partial charge on any atom is -0.458 e. The first-order valence-electron chi connectivity index (χ1n) is 6.26. The summed E-state index contributed by atoms with van der Waals surface area (Å²) in [5.41, 5.74) is 5.02. The number of aromatic nitrogens is 2. The lowest BCUT2D eigenvalue weighted by atomic mass is 10.0. The molecular formula is C12H22N4O2S. The van der Waals surface area contributed by atoms with Crippen LogP contribution in [0.2, 0.25) is 0 Å². The van der Waals surface area contributed by atoms with Crippen LogP contribution in [0.5, 0.6) is 0 Å². The predicted molar refractivity (Wildman–Crippen MR) is 77.0 cm³/mol. The van der Waals surface area contributed by atoms with Crippen molar-refractivity contribution in [2.45, 2.75) is 52.7 Å². The van der Waals surface area contributed by atoms with Gasteiger partial charge in [0.2, 0.25) is 10.3 Å². The van der Waals surface area contributed by atoms with Gasteiger partial charge in [-0.3, -0.25) is 0 Å². The number of nitrogens with zero attached hydrogens (tertiary/aromatic N) is 2. The lowest BCUT2D eigenvalue weighted by Crippen LogP contribution is -2.37. The van der Waals surface area contributed by atoms with E-state index in [0.29, 0.717) is 22.6 Å². The number of carbonyl (C=O) groups excluding carboxylic acids is 1. The number of rotatable bonds is 5. The van der Waals surface area contributed by atoms with Crippen molar-refractivity contribution in [3.05, 3.63) is 0 Å². The van der Waals surface area contributed by atoms with Gasteiger partial charge in [0, 0.05) is 0 Å². The number of anilines is 2. The minimum atomic E-state index is -0.506. The molecule has 7 heteroatoms. The molecule has 0 saturated heterocycles. The number of carbonyl (C=O) groups is 1. The Morgan fingerprint density at radius 3 is 2.47 bits per heavy atom. The van der Waals surface area contributed by atoms with Gasteiger partial charge in [-0.25, -0.2) is 4.79 Å². The Kier molecular flexibility index (Phi) is 5.11. The van der Waals surface area contributed by atoms with Crippen LogP contribution in [0, 0.1) is 5.92 Å². The molecule has 0 bridgehead atoms. The maximum Gasteiger partial charge on any atom is 0.329 e. The summed E-state index contributed by atoms with van der Waals surface area (Å²) in [5.74, 6) is 0.0743. The van der Waals surface area contributed by atoms with Crippen molar-refractivity contribution < 1.29 is 9.53 Å². The second-order valence-corrected chi connectivity index (χ2v) is 6.81. The van der Waals surface area contributed by atoms with E-state index in [-0.39, 0.29) is 5.97 Å². The lowest BCUT2D eigenvalue weighted by molar-refractivity contribution is -0.156. The zero-order valence-corrected chi connectivity index (χ0v) is 12.9. The van der Waals surface area contributed by atoms with Gasteiger partial charge in [-0.2, -0.15) is 0 Å². The van der Waals surface area contributed by atoms with E-state index in [1.54, 1.807) is 0 Å². The van der Waals surface area contributed by atoms with E-state index >= 15 is 0 Å². The number of esters is 1. The number of nitrogens with two attached hydrogens (primary N) is 1. The molecule has 108 valence electrons. The molecule has 1 unspecified atom stereocenters. The fraction of sp³-hybridized carbons (Fsp3) is 0.750. The van der Waals surface area contributed by atoms with Crippen LogP contribution in [0.25, 0.3) is 0 Å². The van der Waals surface area contributed by atoms with E-state index in [1.165, 1.54) is 11.3 Å². The average Bonchev–Trinajstić information content (AvgIpc) is 2.59. The van der Waals surface area contributed by atoms with Gasteiger partial charge < -0.3 is 15.8 Å². The average molecular weight is 286 g/mol. The normalized spacial score (nSPS) is 13.4. The van der Waals surface area contributed by atoms with Crippen LogP contribution in [0.3, 0.4) is 0 Å². The van der Waals surface area contributed by atoms with Crippen LogP contribution in [0.1, 0.15) is 41.0 Å². The molecule has 0 aromatic carbocycles. The van der Waals surface area contributed by atoms with E-state index in [0.717, 1.165) is 0 Å².